The molecule has 0 fully saturated rings. The zero-order chi connectivity index (χ0) is 14.3. The molecule has 2 heterocycles. The Morgan fingerprint density at radius 3 is 2.70 bits per heavy atom. The summed E-state index contributed by atoms with van der Waals surface area (Å²) in [6.45, 7) is 0. The van der Waals surface area contributed by atoms with Gasteiger partial charge < -0.3 is 0 Å². The molecule has 8 heteroatoms. The van der Waals surface area contributed by atoms with Gasteiger partial charge >= 0.3 is 0 Å². The molecule has 2 aromatic heterocycles. The molecule has 0 spiro atoms. The first-order chi connectivity index (χ1) is 9.56. The number of aromatic amines is 1. The van der Waals surface area contributed by atoms with Gasteiger partial charge in [0.2, 0.25) is 0 Å². The molecule has 0 bridgehead atoms. The zero-order valence-corrected chi connectivity index (χ0v) is 9.74. The van der Waals surface area contributed by atoms with Crippen LogP contribution in [0.5, 0.6) is 0 Å². The molecule has 0 aliphatic heterocycles. The fraction of sp³-hybridized carbons (Fsp3) is 0.0833. The zero-order valence-electron chi connectivity index (χ0n) is 9.74. The van der Waals surface area contributed by atoms with Crippen molar-refractivity contribution in [2.45, 2.75) is 6.43 Å². The molecular formula is C12H6F4N4. The average Bonchev–Trinajstić information content (AvgIpc) is 2.80. The number of rotatable bonds is 2. The average molecular weight is 282 g/mol. The van der Waals surface area contributed by atoms with E-state index in [0.29, 0.717) is 0 Å². The summed E-state index contributed by atoms with van der Waals surface area (Å²) in [6, 6.07) is 3.15. The monoisotopic (exact) mass is 282 g/mol. The van der Waals surface area contributed by atoms with E-state index in [2.05, 4.69) is 20.2 Å². The van der Waals surface area contributed by atoms with Gasteiger partial charge in [0.1, 0.15) is 5.82 Å². The van der Waals surface area contributed by atoms with Gasteiger partial charge in [-0.25, -0.2) is 23.1 Å². The predicted octanol–water partition coefficient (Wildman–Crippen LogP) is 3.24. The van der Waals surface area contributed by atoms with E-state index in [0.717, 1.165) is 12.1 Å². The summed E-state index contributed by atoms with van der Waals surface area (Å²) in [5.74, 6) is -1.85. The molecule has 3 aromatic rings. The Balaban J connectivity index is 2.15. The SMILES string of the molecule is Fc1ccc(-c2cnc3[nH]nc(F)c3n2)cc1C(F)F. The van der Waals surface area contributed by atoms with Crippen LogP contribution in [0.3, 0.4) is 0 Å². The van der Waals surface area contributed by atoms with Gasteiger partial charge in [0.15, 0.2) is 11.2 Å². The number of nitrogens with zero attached hydrogens (tertiary/aromatic N) is 3. The van der Waals surface area contributed by atoms with Crippen molar-refractivity contribution < 1.29 is 17.6 Å². The van der Waals surface area contributed by atoms with E-state index in [4.69, 9.17) is 0 Å². The van der Waals surface area contributed by atoms with Gasteiger partial charge in [-0.2, -0.15) is 4.39 Å². The maximum absolute atomic E-state index is 13.3. The Labute approximate surface area is 109 Å². The third-order valence-corrected chi connectivity index (χ3v) is 2.75. The molecule has 0 amide bonds. The first-order valence-electron chi connectivity index (χ1n) is 5.51. The number of H-pyrrole nitrogens is 1. The molecule has 1 N–H and O–H groups in total. The van der Waals surface area contributed by atoms with Crippen LogP contribution in [0.4, 0.5) is 17.6 Å². The second-order valence-corrected chi connectivity index (χ2v) is 4.00. The molecule has 0 aliphatic rings. The van der Waals surface area contributed by atoms with Gasteiger partial charge in [0.05, 0.1) is 17.5 Å². The first kappa shape index (κ1) is 12.5. The third kappa shape index (κ3) is 1.98. The lowest BCUT2D eigenvalue weighted by molar-refractivity contribution is 0.146. The van der Waals surface area contributed by atoms with Gasteiger partial charge in [0.25, 0.3) is 12.4 Å². The minimum Gasteiger partial charge on any atom is -0.256 e. The molecule has 0 radical (unpaired) electrons. The molecule has 3 rings (SSSR count). The molecule has 20 heavy (non-hydrogen) atoms. The molecule has 4 nitrogen and oxygen atoms in total. The van der Waals surface area contributed by atoms with Crippen LogP contribution in [0.1, 0.15) is 12.0 Å². The number of benzene rings is 1. The molecule has 0 saturated heterocycles. The van der Waals surface area contributed by atoms with Gasteiger partial charge in [-0.3, -0.25) is 5.10 Å². The van der Waals surface area contributed by atoms with E-state index in [-0.39, 0.29) is 22.4 Å². The Hall–Kier alpha value is -2.51. The molecule has 1 aromatic carbocycles. The fourth-order valence-corrected chi connectivity index (χ4v) is 1.78. The normalized spacial score (nSPS) is 11.4. The van der Waals surface area contributed by atoms with Crippen LogP contribution in [0.15, 0.2) is 24.4 Å². The summed E-state index contributed by atoms with van der Waals surface area (Å²) in [7, 11) is 0. The molecule has 102 valence electrons. The Morgan fingerprint density at radius 2 is 1.95 bits per heavy atom. The summed E-state index contributed by atoms with van der Waals surface area (Å²) >= 11 is 0. The number of hydrogen-bond acceptors (Lipinski definition) is 3. The smallest absolute Gasteiger partial charge is 0.256 e. The summed E-state index contributed by atoms with van der Waals surface area (Å²) in [6.07, 6.45) is -1.68. The van der Waals surface area contributed by atoms with E-state index < -0.39 is 23.8 Å². The van der Waals surface area contributed by atoms with Crippen LogP contribution in [-0.4, -0.2) is 20.2 Å². The number of nitrogens with one attached hydrogen (secondary N) is 1. The van der Waals surface area contributed by atoms with Crippen molar-refractivity contribution >= 4 is 11.2 Å². The van der Waals surface area contributed by atoms with E-state index in [1.807, 2.05) is 0 Å². The summed E-state index contributed by atoms with van der Waals surface area (Å²) < 4.78 is 51.8. The second-order valence-electron chi connectivity index (χ2n) is 4.00. The highest BCUT2D eigenvalue weighted by Gasteiger charge is 2.16. The maximum atomic E-state index is 13.3. The molecule has 0 aliphatic carbocycles. The number of alkyl halides is 2. The minimum atomic E-state index is -2.95. The Kier molecular flexibility index (Phi) is 2.85. The second kappa shape index (κ2) is 4.55. The summed E-state index contributed by atoms with van der Waals surface area (Å²) in [5, 5.41) is 5.62. The largest absolute Gasteiger partial charge is 0.266 e. The minimum absolute atomic E-state index is 0.106. The van der Waals surface area contributed by atoms with E-state index in [9.17, 15) is 17.6 Å². The highest BCUT2D eigenvalue weighted by molar-refractivity contribution is 5.73. The van der Waals surface area contributed by atoms with Crippen LogP contribution < -0.4 is 0 Å². The van der Waals surface area contributed by atoms with Crippen molar-refractivity contribution in [1.82, 2.24) is 20.2 Å². The Morgan fingerprint density at radius 1 is 1.15 bits per heavy atom. The van der Waals surface area contributed by atoms with Crippen LogP contribution in [0.25, 0.3) is 22.4 Å². The van der Waals surface area contributed by atoms with Gasteiger partial charge in [0, 0.05) is 5.56 Å². The fourth-order valence-electron chi connectivity index (χ4n) is 1.78. The van der Waals surface area contributed by atoms with Crippen molar-refractivity contribution in [3.63, 3.8) is 0 Å². The van der Waals surface area contributed by atoms with Crippen LogP contribution >= 0.6 is 0 Å². The highest BCUT2D eigenvalue weighted by Crippen LogP contribution is 2.27. The van der Waals surface area contributed by atoms with Gasteiger partial charge in [-0.05, 0) is 18.2 Å². The van der Waals surface area contributed by atoms with Crippen molar-refractivity contribution in [2.75, 3.05) is 0 Å². The van der Waals surface area contributed by atoms with Gasteiger partial charge in [-0.15, -0.1) is 5.10 Å². The van der Waals surface area contributed by atoms with Crippen LogP contribution in [0.2, 0.25) is 0 Å². The van der Waals surface area contributed by atoms with Crippen LogP contribution in [-0.2, 0) is 0 Å². The standard InChI is InChI=1S/C12H6F4N4/c13-7-2-1-5(3-6(7)10(14)15)8-4-17-12-9(18-8)11(16)19-20-12/h1-4,10H,(H,17,19,20). The number of aromatic nitrogens is 4. The lowest BCUT2D eigenvalue weighted by Gasteiger charge is -2.05. The van der Waals surface area contributed by atoms with Crippen molar-refractivity contribution in [3.05, 3.63) is 41.7 Å². The number of hydrogen-bond donors (Lipinski definition) is 1. The predicted molar refractivity (Wildman–Crippen MR) is 62.0 cm³/mol. The van der Waals surface area contributed by atoms with Gasteiger partial charge in [-0.1, -0.05) is 0 Å². The lowest BCUT2D eigenvalue weighted by Crippen LogP contribution is -1.94. The van der Waals surface area contributed by atoms with E-state index >= 15 is 0 Å². The lowest BCUT2D eigenvalue weighted by atomic mass is 10.1. The van der Waals surface area contributed by atoms with E-state index in [1.54, 1.807) is 0 Å². The maximum Gasteiger partial charge on any atom is 0.266 e. The molecule has 0 saturated carbocycles. The molecular weight excluding hydrogens is 276 g/mol. The quantitative estimate of drug-likeness (QED) is 0.734. The summed E-state index contributed by atoms with van der Waals surface area (Å²) in [5.41, 5.74) is -0.332. The van der Waals surface area contributed by atoms with Crippen molar-refractivity contribution in [2.24, 2.45) is 0 Å². The molecule has 0 atom stereocenters. The Bertz CT molecular complexity index is 784. The topological polar surface area (TPSA) is 54.5 Å². The summed E-state index contributed by atoms with van der Waals surface area (Å²) in [4.78, 5) is 7.81. The molecule has 0 unspecified atom stereocenters. The first-order valence-corrected chi connectivity index (χ1v) is 5.51. The third-order valence-electron chi connectivity index (χ3n) is 2.75. The van der Waals surface area contributed by atoms with E-state index in [1.165, 1.54) is 12.3 Å². The van der Waals surface area contributed by atoms with Crippen molar-refractivity contribution in [1.29, 1.82) is 0 Å². The highest BCUT2D eigenvalue weighted by atomic mass is 19.3. The number of halogens is 4. The van der Waals surface area contributed by atoms with Crippen molar-refractivity contribution in [3.8, 4) is 11.3 Å². The number of fused-ring (bicyclic) bond motifs is 1. The van der Waals surface area contributed by atoms with Crippen LogP contribution in [0, 0.1) is 11.8 Å².